The molecule has 0 amide bonds. The van der Waals surface area contributed by atoms with Crippen molar-refractivity contribution in [1.29, 1.82) is 0 Å². The third kappa shape index (κ3) is 3.56. The Bertz CT molecular complexity index is 526. The standard InChI is InChI=1S/C16H20N2O/c1-12-9-14(15(18)10-17)7-8-16(12)19-11-13-5-3-2-4-6-13/h2-9,15H,10-11,17-18H2,1H3. The highest BCUT2D eigenvalue weighted by Gasteiger charge is 2.06. The number of nitrogens with two attached hydrogens (primary N) is 2. The molecule has 0 aliphatic carbocycles. The van der Waals surface area contributed by atoms with Crippen LogP contribution in [-0.4, -0.2) is 6.54 Å². The van der Waals surface area contributed by atoms with Crippen molar-refractivity contribution in [3.63, 3.8) is 0 Å². The summed E-state index contributed by atoms with van der Waals surface area (Å²) in [6, 6.07) is 16.0. The maximum absolute atomic E-state index is 5.91. The monoisotopic (exact) mass is 256 g/mol. The maximum atomic E-state index is 5.91. The number of rotatable bonds is 5. The molecule has 0 aliphatic heterocycles. The molecule has 0 saturated heterocycles. The smallest absolute Gasteiger partial charge is 0.122 e. The fourth-order valence-electron chi connectivity index (χ4n) is 1.94. The zero-order valence-electron chi connectivity index (χ0n) is 11.2. The Balaban J connectivity index is 2.05. The largest absolute Gasteiger partial charge is 0.489 e. The highest BCUT2D eigenvalue weighted by atomic mass is 16.5. The Morgan fingerprint density at radius 2 is 1.84 bits per heavy atom. The van der Waals surface area contributed by atoms with E-state index < -0.39 is 0 Å². The van der Waals surface area contributed by atoms with Crippen molar-refractivity contribution in [3.05, 3.63) is 65.2 Å². The van der Waals surface area contributed by atoms with E-state index in [9.17, 15) is 0 Å². The summed E-state index contributed by atoms with van der Waals surface area (Å²) in [5, 5.41) is 0. The van der Waals surface area contributed by atoms with E-state index in [2.05, 4.69) is 0 Å². The molecule has 100 valence electrons. The van der Waals surface area contributed by atoms with E-state index in [0.29, 0.717) is 13.2 Å². The molecule has 3 nitrogen and oxygen atoms in total. The molecule has 0 bridgehead atoms. The molecule has 0 saturated carbocycles. The van der Waals surface area contributed by atoms with Gasteiger partial charge < -0.3 is 16.2 Å². The lowest BCUT2D eigenvalue weighted by Crippen LogP contribution is -2.20. The van der Waals surface area contributed by atoms with Crippen molar-refractivity contribution in [2.45, 2.75) is 19.6 Å². The summed E-state index contributed by atoms with van der Waals surface area (Å²) >= 11 is 0. The quantitative estimate of drug-likeness (QED) is 0.864. The van der Waals surface area contributed by atoms with Gasteiger partial charge in [-0.15, -0.1) is 0 Å². The molecule has 0 aromatic heterocycles. The Kier molecular flexibility index (Phi) is 4.55. The van der Waals surface area contributed by atoms with Crippen LogP contribution in [0.1, 0.15) is 22.7 Å². The number of aryl methyl sites for hydroxylation is 1. The fraction of sp³-hybridized carbons (Fsp3) is 0.250. The summed E-state index contributed by atoms with van der Waals surface area (Å²) in [7, 11) is 0. The lowest BCUT2D eigenvalue weighted by molar-refractivity contribution is 0.304. The second kappa shape index (κ2) is 6.36. The van der Waals surface area contributed by atoms with Crippen LogP contribution in [0.4, 0.5) is 0 Å². The van der Waals surface area contributed by atoms with Gasteiger partial charge in [-0.05, 0) is 29.7 Å². The van der Waals surface area contributed by atoms with Gasteiger partial charge in [0.1, 0.15) is 12.4 Å². The van der Waals surface area contributed by atoms with Crippen molar-refractivity contribution in [3.8, 4) is 5.75 Å². The number of benzene rings is 2. The Labute approximate surface area is 114 Å². The second-order valence-electron chi connectivity index (χ2n) is 4.64. The molecule has 0 heterocycles. The van der Waals surface area contributed by atoms with Gasteiger partial charge in [0.2, 0.25) is 0 Å². The van der Waals surface area contributed by atoms with E-state index in [0.717, 1.165) is 22.4 Å². The van der Waals surface area contributed by atoms with Crippen molar-refractivity contribution >= 4 is 0 Å². The van der Waals surface area contributed by atoms with Crippen molar-refractivity contribution in [2.24, 2.45) is 11.5 Å². The molecule has 2 rings (SSSR count). The highest BCUT2D eigenvalue weighted by Crippen LogP contribution is 2.22. The van der Waals surface area contributed by atoms with Crippen LogP contribution < -0.4 is 16.2 Å². The van der Waals surface area contributed by atoms with Crippen LogP contribution in [0.25, 0.3) is 0 Å². The molecule has 19 heavy (non-hydrogen) atoms. The first kappa shape index (κ1) is 13.6. The predicted molar refractivity (Wildman–Crippen MR) is 77.9 cm³/mol. The maximum Gasteiger partial charge on any atom is 0.122 e. The molecular formula is C16H20N2O. The average molecular weight is 256 g/mol. The first-order valence-corrected chi connectivity index (χ1v) is 6.43. The van der Waals surface area contributed by atoms with Crippen molar-refractivity contribution in [2.75, 3.05) is 6.54 Å². The van der Waals surface area contributed by atoms with Crippen LogP contribution in [-0.2, 0) is 6.61 Å². The fourth-order valence-corrected chi connectivity index (χ4v) is 1.94. The van der Waals surface area contributed by atoms with Crippen LogP contribution in [0.15, 0.2) is 48.5 Å². The summed E-state index contributed by atoms with van der Waals surface area (Å²) in [4.78, 5) is 0. The van der Waals surface area contributed by atoms with Crippen LogP contribution in [0.2, 0.25) is 0 Å². The van der Waals surface area contributed by atoms with Gasteiger partial charge in [0.05, 0.1) is 0 Å². The summed E-state index contributed by atoms with van der Waals surface area (Å²) in [6.07, 6.45) is 0. The van der Waals surface area contributed by atoms with E-state index in [-0.39, 0.29) is 6.04 Å². The topological polar surface area (TPSA) is 61.3 Å². The van der Waals surface area contributed by atoms with Gasteiger partial charge in [-0.1, -0.05) is 42.5 Å². The summed E-state index contributed by atoms with van der Waals surface area (Å²) < 4.78 is 5.82. The molecule has 0 radical (unpaired) electrons. The molecule has 2 aromatic rings. The van der Waals surface area contributed by atoms with E-state index in [1.807, 2.05) is 55.5 Å². The van der Waals surface area contributed by atoms with Gasteiger partial charge in [0, 0.05) is 12.6 Å². The molecule has 3 heteroatoms. The Morgan fingerprint density at radius 3 is 2.47 bits per heavy atom. The molecule has 1 atom stereocenters. The number of hydrogen-bond donors (Lipinski definition) is 2. The molecule has 0 spiro atoms. The Morgan fingerprint density at radius 1 is 1.11 bits per heavy atom. The molecule has 1 unspecified atom stereocenters. The third-order valence-corrected chi connectivity index (χ3v) is 3.12. The van der Waals surface area contributed by atoms with Crippen molar-refractivity contribution in [1.82, 2.24) is 0 Å². The summed E-state index contributed by atoms with van der Waals surface area (Å²) in [5.74, 6) is 0.886. The van der Waals surface area contributed by atoms with Gasteiger partial charge in [-0.2, -0.15) is 0 Å². The molecule has 4 N–H and O–H groups in total. The van der Waals surface area contributed by atoms with Crippen LogP contribution in [0, 0.1) is 6.92 Å². The SMILES string of the molecule is Cc1cc(C(N)CN)ccc1OCc1ccccc1. The Hall–Kier alpha value is -1.84. The minimum absolute atomic E-state index is 0.109. The van der Waals surface area contributed by atoms with Crippen molar-refractivity contribution < 1.29 is 4.74 Å². The van der Waals surface area contributed by atoms with Crippen LogP contribution >= 0.6 is 0 Å². The predicted octanol–water partition coefficient (Wildman–Crippen LogP) is 2.53. The summed E-state index contributed by atoms with van der Waals surface area (Å²) in [6.45, 7) is 3.04. The first-order valence-electron chi connectivity index (χ1n) is 6.43. The van der Waals surface area contributed by atoms with Crippen LogP contribution in [0.3, 0.4) is 0 Å². The summed E-state index contributed by atoms with van der Waals surface area (Å²) in [5.41, 5.74) is 14.8. The third-order valence-electron chi connectivity index (χ3n) is 3.12. The van der Waals surface area contributed by atoms with E-state index in [1.165, 1.54) is 0 Å². The lowest BCUT2D eigenvalue weighted by Gasteiger charge is -2.13. The average Bonchev–Trinajstić information content (AvgIpc) is 2.46. The minimum atomic E-state index is -0.109. The zero-order valence-corrected chi connectivity index (χ0v) is 11.2. The normalized spacial score (nSPS) is 12.2. The van der Waals surface area contributed by atoms with E-state index >= 15 is 0 Å². The van der Waals surface area contributed by atoms with Gasteiger partial charge in [-0.25, -0.2) is 0 Å². The van der Waals surface area contributed by atoms with E-state index in [4.69, 9.17) is 16.2 Å². The first-order chi connectivity index (χ1) is 9.20. The van der Waals surface area contributed by atoms with Crippen LogP contribution in [0.5, 0.6) is 5.75 Å². The minimum Gasteiger partial charge on any atom is -0.489 e. The highest BCUT2D eigenvalue weighted by molar-refractivity contribution is 5.37. The van der Waals surface area contributed by atoms with Gasteiger partial charge in [0.15, 0.2) is 0 Å². The number of hydrogen-bond acceptors (Lipinski definition) is 3. The molecular weight excluding hydrogens is 236 g/mol. The zero-order chi connectivity index (χ0) is 13.7. The second-order valence-corrected chi connectivity index (χ2v) is 4.64. The van der Waals surface area contributed by atoms with Gasteiger partial charge in [-0.3, -0.25) is 0 Å². The molecule has 0 aliphatic rings. The number of ether oxygens (including phenoxy) is 1. The van der Waals surface area contributed by atoms with E-state index in [1.54, 1.807) is 0 Å². The lowest BCUT2D eigenvalue weighted by atomic mass is 10.0. The molecule has 2 aromatic carbocycles. The molecule has 0 fully saturated rings. The van der Waals surface area contributed by atoms with Gasteiger partial charge in [0.25, 0.3) is 0 Å². The van der Waals surface area contributed by atoms with Gasteiger partial charge >= 0.3 is 0 Å².